The molecular weight excluding hydrogens is 138 g/mol. The highest BCUT2D eigenvalue weighted by Gasteiger charge is 2.32. The molecule has 2 rings (SSSR count). The van der Waals surface area contributed by atoms with Gasteiger partial charge in [0, 0.05) is 12.0 Å². The molecule has 1 N–H and O–H groups in total. The van der Waals surface area contributed by atoms with Crippen LogP contribution in [0.3, 0.4) is 0 Å². The van der Waals surface area contributed by atoms with Crippen LogP contribution in [0.1, 0.15) is 32.6 Å². The van der Waals surface area contributed by atoms with E-state index in [2.05, 4.69) is 5.32 Å². The summed E-state index contributed by atoms with van der Waals surface area (Å²) in [6, 6.07) is 0.512. The third-order valence-electron chi connectivity index (χ3n) is 3.02. The Morgan fingerprint density at radius 3 is 3.00 bits per heavy atom. The van der Waals surface area contributed by atoms with E-state index < -0.39 is 0 Å². The van der Waals surface area contributed by atoms with Crippen LogP contribution in [-0.4, -0.2) is 11.9 Å². The maximum absolute atomic E-state index is 11.3. The standard InChI is InChI=1S/C9H15NO/c1-6-4-7-2-3-8(5-7)10-9(6)11/h6-8H,2-5H2,1H3,(H,10,11). The van der Waals surface area contributed by atoms with Crippen LogP contribution in [0.15, 0.2) is 0 Å². The summed E-state index contributed by atoms with van der Waals surface area (Å²) in [6.45, 7) is 2.04. The van der Waals surface area contributed by atoms with Crippen LogP contribution in [0.5, 0.6) is 0 Å². The van der Waals surface area contributed by atoms with Crippen LogP contribution < -0.4 is 5.32 Å². The number of amides is 1. The molecule has 0 spiro atoms. The largest absolute Gasteiger partial charge is 0.353 e. The van der Waals surface area contributed by atoms with E-state index in [0.29, 0.717) is 6.04 Å². The summed E-state index contributed by atoms with van der Waals surface area (Å²) >= 11 is 0. The van der Waals surface area contributed by atoms with E-state index in [1.165, 1.54) is 19.3 Å². The highest BCUT2D eigenvalue weighted by atomic mass is 16.1. The first-order valence-corrected chi connectivity index (χ1v) is 4.56. The summed E-state index contributed by atoms with van der Waals surface area (Å²) in [7, 11) is 0. The monoisotopic (exact) mass is 153 g/mol. The molecule has 2 nitrogen and oxygen atoms in total. The fourth-order valence-electron chi connectivity index (χ4n) is 2.37. The van der Waals surface area contributed by atoms with Gasteiger partial charge in [0.15, 0.2) is 0 Å². The zero-order valence-electron chi connectivity index (χ0n) is 6.97. The van der Waals surface area contributed by atoms with Crippen molar-refractivity contribution >= 4 is 5.91 Å². The van der Waals surface area contributed by atoms with Crippen molar-refractivity contribution in [3.63, 3.8) is 0 Å². The average Bonchev–Trinajstić information content (AvgIpc) is 2.30. The molecule has 0 aromatic carbocycles. The topological polar surface area (TPSA) is 29.1 Å². The number of carbonyl (C=O) groups is 1. The number of hydrogen-bond acceptors (Lipinski definition) is 1. The van der Waals surface area contributed by atoms with E-state index in [1.807, 2.05) is 6.92 Å². The van der Waals surface area contributed by atoms with Crippen LogP contribution in [0.25, 0.3) is 0 Å². The van der Waals surface area contributed by atoms with Crippen molar-refractivity contribution in [1.82, 2.24) is 5.32 Å². The van der Waals surface area contributed by atoms with Gasteiger partial charge in [-0.1, -0.05) is 6.92 Å². The lowest BCUT2D eigenvalue weighted by atomic mass is 9.95. The smallest absolute Gasteiger partial charge is 0.223 e. The minimum absolute atomic E-state index is 0.255. The normalized spacial score (nSPS) is 43.4. The van der Waals surface area contributed by atoms with Gasteiger partial charge < -0.3 is 5.32 Å². The quantitative estimate of drug-likeness (QED) is 0.558. The second kappa shape index (κ2) is 2.50. The van der Waals surface area contributed by atoms with Crippen molar-refractivity contribution in [2.75, 3.05) is 0 Å². The van der Waals surface area contributed by atoms with Gasteiger partial charge in [0.05, 0.1) is 0 Å². The van der Waals surface area contributed by atoms with Gasteiger partial charge in [-0.05, 0) is 31.6 Å². The molecule has 1 aliphatic heterocycles. The van der Waals surface area contributed by atoms with Gasteiger partial charge in [-0.2, -0.15) is 0 Å². The van der Waals surface area contributed by atoms with Gasteiger partial charge in [-0.3, -0.25) is 4.79 Å². The molecule has 0 aromatic heterocycles. The van der Waals surface area contributed by atoms with Gasteiger partial charge >= 0.3 is 0 Å². The van der Waals surface area contributed by atoms with Gasteiger partial charge in [0.1, 0.15) is 0 Å². The number of nitrogens with one attached hydrogen (secondary N) is 1. The maximum atomic E-state index is 11.3. The SMILES string of the molecule is CC1CC2CCC(C2)NC1=O. The minimum atomic E-state index is 0.255. The first-order valence-electron chi connectivity index (χ1n) is 4.56. The Kier molecular flexibility index (Phi) is 1.63. The Hall–Kier alpha value is -0.530. The Morgan fingerprint density at radius 2 is 2.18 bits per heavy atom. The molecule has 2 heteroatoms. The first-order chi connectivity index (χ1) is 5.25. The predicted molar refractivity (Wildman–Crippen MR) is 43.1 cm³/mol. The lowest BCUT2D eigenvalue weighted by molar-refractivity contribution is -0.125. The Morgan fingerprint density at radius 1 is 1.36 bits per heavy atom. The van der Waals surface area contributed by atoms with Gasteiger partial charge in [-0.25, -0.2) is 0 Å². The second-order valence-corrected chi connectivity index (χ2v) is 4.02. The van der Waals surface area contributed by atoms with Gasteiger partial charge in [0.2, 0.25) is 5.91 Å². The number of hydrogen-bond donors (Lipinski definition) is 1. The average molecular weight is 153 g/mol. The molecule has 1 saturated carbocycles. The maximum Gasteiger partial charge on any atom is 0.223 e. The minimum Gasteiger partial charge on any atom is -0.353 e. The van der Waals surface area contributed by atoms with Crippen molar-refractivity contribution < 1.29 is 4.79 Å². The molecule has 2 bridgehead atoms. The highest BCUT2D eigenvalue weighted by Crippen LogP contribution is 2.33. The molecule has 1 amide bonds. The highest BCUT2D eigenvalue weighted by molar-refractivity contribution is 5.79. The van der Waals surface area contributed by atoms with E-state index in [-0.39, 0.29) is 11.8 Å². The summed E-state index contributed by atoms with van der Waals surface area (Å²) in [5.41, 5.74) is 0. The lowest BCUT2D eigenvalue weighted by Gasteiger charge is -2.14. The molecule has 1 aliphatic carbocycles. The summed E-state index contributed by atoms with van der Waals surface area (Å²) in [5.74, 6) is 1.36. The molecule has 3 unspecified atom stereocenters. The van der Waals surface area contributed by atoms with Crippen LogP contribution in [0.2, 0.25) is 0 Å². The predicted octanol–water partition coefficient (Wildman–Crippen LogP) is 1.31. The van der Waals surface area contributed by atoms with Crippen LogP contribution in [-0.2, 0) is 4.79 Å². The molecular formula is C9H15NO. The number of fused-ring (bicyclic) bond motifs is 2. The van der Waals surface area contributed by atoms with Crippen LogP contribution in [0.4, 0.5) is 0 Å². The third kappa shape index (κ3) is 1.26. The van der Waals surface area contributed by atoms with Crippen molar-refractivity contribution in [1.29, 1.82) is 0 Å². The Balaban J connectivity index is 2.10. The molecule has 2 fully saturated rings. The van der Waals surface area contributed by atoms with Gasteiger partial charge in [-0.15, -0.1) is 0 Å². The van der Waals surface area contributed by atoms with Crippen molar-refractivity contribution in [3.8, 4) is 0 Å². The molecule has 3 atom stereocenters. The number of carbonyl (C=O) groups excluding carboxylic acids is 1. The molecule has 11 heavy (non-hydrogen) atoms. The van der Waals surface area contributed by atoms with Crippen molar-refractivity contribution in [2.45, 2.75) is 38.6 Å². The van der Waals surface area contributed by atoms with Crippen LogP contribution >= 0.6 is 0 Å². The molecule has 2 aliphatic rings. The molecule has 1 heterocycles. The zero-order chi connectivity index (χ0) is 7.84. The van der Waals surface area contributed by atoms with Crippen molar-refractivity contribution in [2.24, 2.45) is 11.8 Å². The molecule has 0 aromatic rings. The van der Waals surface area contributed by atoms with E-state index in [0.717, 1.165) is 12.3 Å². The Bertz CT molecular complexity index is 178. The van der Waals surface area contributed by atoms with Gasteiger partial charge in [0.25, 0.3) is 0 Å². The summed E-state index contributed by atoms with van der Waals surface area (Å²) < 4.78 is 0. The second-order valence-electron chi connectivity index (χ2n) is 4.02. The van der Waals surface area contributed by atoms with E-state index in [4.69, 9.17) is 0 Å². The van der Waals surface area contributed by atoms with E-state index in [9.17, 15) is 4.79 Å². The van der Waals surface area contributed by atoms with Crippen LogP contribution in [0, 0.1) is 11.8 Å². The lowest BCUT2D eigenvalue weighted by Crippen LogP contribution is -2.34. The molecule has 0 radical (unpaired) electrons. The molecule has 62 valence electrons. The first kappa shape index (κ1) is 7.14. The third-order valence-corrected chi connectivity index (χ3v) is 3.02. The summed E-state index contributed by atoms with van der Waals surface area (Å²) in [4.78, 5) is 11.3. The van der Waals surface area contributed by atoms with E-state index >= 15 is 0 Å². The summed E-state index contributed by atoms with van der Waals surface area (Å²) in [5, 5.41) is 3.08. The number of rotatable bonds is 0. The zero-order valence-corrected chi connectivity index (χ0v) is 6.97. The van der Waals surface area contributed by atoms with Crippen molar-refractivity contribution in [3.05, 3.63) is 0 Å². The fraction of sp³-hybridized carbons (Fsp3) is 0.889. The Labute approximate surface area is 67.4 Å². The van der Waals surface area contributed by atoms with E-state index in [1.54, 1.807) is 0 Å². The fourth-order valence-corrected chi connectivity index (χ4v) is 2.37. The summed E-state index contributed by atoms with van der Waals surface area (Å²) in [6.07, 6.45) is 4.89. The molecule has 1 saturated heterocycles.